The molecule has 0 spiro atoms. The van der Waals surface area contributed by atoms with Gasteiger partial charge in [-0.1, -0.05) is 5.16 Å². The lowest BCUT2D eigenvalue weighted by Gasteiger charge is -2.09. The third kappa shape index (κ3) is 3.31. The Balaban J connectivity index is 2.03. The van der Waals surface area contributed by atoms with Gasteiger partial charge in [0.05, 0.1) is 17.8 Å². The molecule has 20 heavy (non-hydrogen) atoms. The van der Waals surface area contributed by atoms with Crippen LogP contribution in [-0.2, 0) is 6.54 Å². The zero-order chi connectivity index (χ0) is 14.5. The number of amides is 2. The van der Waals surface area contributed by atoms with Gasteiger partial charge < -0.3 is 20.3 Å². The second-order valence-corrected chi connectivity index (χ2v) is 3.79. The topological polar surface area (TPSA) is 104 Å². The molecule has 8 heteroatoms. The van der Waals surface area contributed by atoms with Crippen molar-refractivity contribution in [3.63, 3.8) is 0 Å². The smallest absolute Gasteiger partial charge is 0.337 e. The van der Waals surface area contributed by atoms with E-state index in [4.69, 9.17) is 5.11 Å². The summed E-state index contributed by atoms with van der Waals surface area (Å²) in [5.41, 5.74) is 0.163. The predicted molar refractivity (Wildman–Crippen MR) is 65.7 cm³/mol. The lowest BCUT2D eigenvalue weighted by molar-refractivity contribution is 0.0698. The second kappa shape index (κ2) is 5.83. The van der Waals surface area contributed by atoms with E-state index in [0.717, 1.165) is 18.2 Å². The Bertz CT molecular complexity index is 628. The maximum atomic E-state index is 13.1. The minimum atomic E-state index is -1.27. The number of aromatic nitrogens is 1. The van der Waals surface area contributed by atoms with Crippen LogP contribution in [0.5, 0.6) is 0 Å². The molecule has 0 saturated heterocycles. The number of carboxylic acid groups (broad SMARTS) is 1. The fourth-order valence-corrected chi connectivity index (χ4v) is 1.47. The predicted octanol–water partition coefficient (Wildman–Crippen LogP) is 1.83. The number of carbonyl (C=O) groups excluding carboxylic acids is 1. The van der Waals surface area contributed by atoms with Crippen molar-refractivity contribution in [3.05, 3.63) is 47.6 Å². The van der Waals surface area contributed by atoms with Crippen molar-refractivity contribution in [2.24, 2.45) is 0 Å². The highest BCUT2D eigenvalue weighted by atomic mass is 19.1. The molecular weight excluding hydrogens is 269 g/mol. The summed E-state index contributed by atoms with van der Waals surface area (Å²) >= 11 is 0. The van der Waals surface area contributed by atoms with Crippen LogP contribution >= 0.6 is 0 Å². The molecule has 2 rings (SSSR count). The Hall–Kier alpha value is -2.90. The number of urea groups is 1. The number of carboxylic acids is 1. The first-order valence-electron chi connectivity index (χ1n) is 5.53. The molecule has 1 aromatic carbocycles. The zero-order valence-electron chi connectivity index (χ0n) is 10.1. The number of aromatic carboxylic acids is 1. The molecule has 7 nitrogen and oxygen atoms in total. The van der Waals surface area contributed by atoms with Gasteiger partial charge >= 0.3 is 12.0 Å². The number of carbonyl (C=O) groups is 2. The minimum absolute atomic E-state index is 0.0973. The Labute approximate surface area is 112 Å². The lowest BCUT2D eigenvalue weighted by Crippen LogP contribution is -2.29. The fourth-order valence-electron chi connectivity index (χ4n) is 1.47. The van der Waals surface area contributed by atoms with Crippen LogP contribution in [0.2, 0.25) is 0 Å². The van der Waals surface area contributed by atoms with Gasteiger partial charge in [-0.3, -0.25) is 0 Å². The van der Waals surface area contributed by atoms with Crippen molar-refractivity contribution in [1.82, 2.24) is 10.5 Å². The SMILES string of the molecule is O=C(NCc1ccon1)Nc1cc(F)ccc1C(=O)O. The highest BCUT2D eigenvalue weighted by Crippen LogP contribution is 2.17. The van der Waals surface area contributed by atoms with Crippen LogP contribution in [0.3, 0.4) is 0 Å². The minimum Gasteiger partial charge on any atom is -0.478 e. The number of hydrogen-bond acceptors (Lipinski definition) is 4. The Morgan fingerprint density at radius 2 is 2.15 bits per heavy atom. The molecule has 0 atom stereocenters. The molecule has 104 valence electrons. The van der Waals surface area contributed by atoms with Crippen LogP contribution in [0.1, 0.15) is 16.1 Å². The quantitative estimate of drug-likeness (QED) is 0.792. The van der Waals surface area contributed by atoms with Crippen LogP contribution in [0.4, 0.5) is 14.9 Å². The van der Waals surface area contributed by atoms with Crippen molar-refractivity contribution >= 4 is 17.7 Å². The summed E-state index contributed by atoms with van der Waals surface area (Å²) in [6.07, 6.45) is 1.35. The first kappa shape index (κ1) is 13.5. The van der Waals surface area contributed by atoms with Crippen molar-refractivity contribution in [2.75, 3.05) is 5.32 Å². The second-order valence-electron chi connectivity index (χ2n) is 3.79. The van der Waals surface area contributed by atoms with Gasteiger partial charge in [-0.25, -0.2) is 14.0 Å². The van der Waals surface area contributed by atoms with E-state index in [9.17, 15) is 14.0 Å². The summed E-state index contributed by atoms with van der Waals surface area (Å²) in [4.78, 5) is 22.5. The largest absolute Gasteiger partial charge is 0.478 e. The van der Waals surface area contributed by atoms with Gasteiger partial charge in [0.2, 0.25) is 0 Å². The van der Waals surface area contributed by atoms with E-state index >= 15 is 0 Å². The normalized spacial score (nSPS) is 10.1. The number of anilines is 1. The number of benzene rings is 1. The maximum Gasteiger partial charge on any atom is 0.337 e. The van der Waals surface area contributed by atoms with Crippen LogP contribution in [0, 0.1) is 5.82 Å². The maximum absolute atomic E-state index is 13.1. The lowest BCUT2D eigenvalue weighted by atomic mass is 10.2. The highest BCUT2D eigenvalue weighted by molar-refractivity contribution is 5.99. The van der Waals surface area contributed by atoms with Crippen molar-refractivity contribution < 1.29 is 23.6 Å². The van der Waals surface area contributed by atoms with Crippen molar-refractivity contribution in [2.45, 2.75) is 6.54 Å². The third-order valence-corrected chi connectivity index (χ3v) is 2.38. The van der Waals surface area contributed by atoms with E-state index < -0.39 is 17.8 Å². The van der Waals surface area contributed by atoms with E-state index in [1.54, 1.807) is 6.07 Å². The van der Waals surface area contributed by atoms with Crippen molar-refractivity contribution in [1.29, 1.82) is 0 Å². The summed E-state index contributed by atoms with van der Waals surface area (Å²) in [5, 5.41) is 17.2. The summed E-state index contributed by atoms with van der Waals surface area (Å²) < 4.78 is 17.7. The average molecular weight is 279 g/mol. The van der Waals surface area contributed by atoms with Gasteiger partial charge in [0.15, 0.2) is 0 Å². The van der Waals surface area contributed by atoms with Crippen molar-refractivity contribution in [3.8, 4) is 0 Å². The monoisotopic (exact) mass is 279 g/mol. The highest BCUT2D eigenvalue weighted by Gasteiger charge is 2.13. The molecule has 2 aromatic rings. The molecule has 0 fully saturated rings. The molecule has 0 aliphatic heterocycles. The Morgan fingerprint density at radius 1 is 1.35 bits per heavy atom. The molecule has 0 aliphatic rings. The molecule has 1 aromatic heterocycles. The first-order chi connectivity index (χ1) is 9.56. The number of rotatable bonds is 4. The average Bonchev–Trinajstić information content (AvgIpc) is 2.89. The van der Waals surface area contributed by atoms with Gasteiger partial charge in [0.25, 0.3) is 0 Å². The van der Waals surface area contributed by atoms with Crippen LogP contribution in [-0.4, -0.2) is 22.3 Å². The van der Waals surface area contributed by atoms with E-state index in [1.807, 2.05) is 0 Å². The molecule has 0 unspecified atom stereocenters. The standard InChI is InChI=1S/C12H10FN3O4/c13-7-1-2-9(11(17)18)10(5-7)15-12(19)14-6-8-3-4-20-16-8/h1-5H,6H2,(H,17,18)(H2,14,15,19). The fraction of sp³-hybridized carbons (Fsp3) is 0.0833. The van der Waals surface area contributed by atoms with Gasteiger partial charge in [0, 0.05) is 6.07 Å². The molecular formula is C12H10FN3O4. The summed E-state index contributed by atoms with van der Waals surface area (Å²) in [6.45, 7) is 0.0973. The molecule has 0 aliphatic carbocycles. The van der Waals surface area contributed by atoms with E-state index in [-0.39, 0.29) is 17.8 Å². The molecule has 0 bridgehead atoms. The summed E-state index contributed by atoms with van der Waals surface area (Å²) in [5.74, 6) is -1.92. The molecule has 3 N–H and O–H groups in total. The number of halogens is 1. The molecule has 2 amide bonds. The van der Waals surface area contributed by atoms with E-state index in [1.165, 1.54) is 6.26 Å². The Kier molecular flexibility index (Phi) is 3.94. The van der Waals surface area contributed by atoms with Gasteiger partial charge in [-0.2, -0.15) is 0 Å². The molecule has 0 radical (unpaired) electrons. The van der Waals surface area contributed by atoms with Crippen LogP contribution in [0.15, 0.2) is 35.1 Å². The zero-order valence-corrected chi connectivity index (χ0v) is 10.1. The van der Waals surface area contributed by atoms with E-state index in [2.05, 4.69) is 20.3 Å². The van der Waals surface area contributed by atoms with Gasteiger partial charge in [-0.15, -0.1) is 0 Å². The molecule has 1 heterocycles. The van der Waals surface area contributed by atoms with E-state index in [0.29, 0.717) is 5.69 Å². The third-order valence-electron chi connectivity index (χ3n) is 2.38. The Morgan fingerprint density at radius 3 is 2.80 bits per heavy atom. The van der Waals surface area contributed by atoms with Gasteiger partial charge in [0.1, 0.15) is 17.8 Å². The summed E-state index contributed by atoms with van der Waals surface area (Å²) in [7, 11) is 0. The van der Waals surface area contributed by atoms with Crippen LogP contribution < -0.4 is 10.6 Å². The number of hydrogen-bond donors (Lipinski definition) is 3. The van der Waals surface area contributed by atoms with Crippen LogP contribution in [0.25, 0.3) is 0 Å². The summed E-state index contributed by atoms with van der Waals surface area (Å²) in [6, 6.07) is 3.89. The molecule has 0 saturated carbocycles. The first-order valence-corrected chi connectivity index (χ1v) is 5.53. The van der Waals surface area contributed by atoms with Gasteiger partial charge in [-0.05, 0) is 18.2 Å². The number of nitrogens with zero attached hydrogens (tertiary/aromatic N) is 1. The number of nitrogens with one attached hydrogen (secondary N) is 2.